The van der Waals surface area contributed by atoms with Crippen molar-refractivity contribution in [1.82, 2.24) is 10.3 Å². The molecule has 1 saturated carbocycles. The minimum atomic E-state index is -0.741. The Bertz CT molecular complexity index is 800. The van der Waals surface area contributed by atoms with Gasteiger partial charge in [0, 0.05) is 24.9 Å². The van der Waals surface area contributed by atoms with E-state index in [2.05, 4.69) is 24.1 Å². The first-order valence-electron chi connectivity index (χ1n) is 9.54. The van der Waals surface area contributed by atoms with Crippen molar-refractivity contribution < 1.29 is 14.3 Å². The van der Waals surface area contributed by atoms with E-state index in [0.717, 1.165) is 36.0 Å². The van der Waals surface area contributed by atoms with Crippen molar-refractivity contribution in [2.45, 2.75) is 52.0 Å². The molecule has 4 atom stereocenters. The Hall–Kier alpha value is -2.17. The van der Waals surface area contributed by atoms with Crippen LogP contribution in [0.15, 0.2) is 29.7 Å². The van der Waals surface area contributed by atoms with Crippen molar-refractivity contribution in [2.24, 2.45) is 17.3 Å². The lowest BCUT2D eigenvalue weighted by atomic mass is 9.59. The number of fused-ring (bicyclic) bond motifs is 3. The lowest BCUT2D eigenvalue weighted by Gasteiger charge is -2.45. The van der Waals surface area contributed by atoms with Gasteiger partial charge in [-0.25, -0.2) is 0 Å². The number of carbonyl (C=O) groups excluding carboxylic acids is 2. The molecular formula is C21H26N2O3. The number of aromatic nitrogens is 1. The van der Waals surface area contributed by atoms with Gasteiger partial charge in [-0.3, -0.25) is 14.6 Å². The molecule has 2 aliphatic carbocycles. The average molecular weight is 354 g/mol. The summed E-state index contributed by atoms with van der Waals surface area (Å²) in [6, 6.07) is 1.86. The number of esters is 1. The van der Waals surface area contributed by atoms with Gasteiger partial charge >= 0.3 is 5.97 Å². The second-order valence-corrected chi connectivity index (χ2v) is 8.07. The molecule has 1 aromatic rings. The van der Waals surface area contributed by atoms with E-state index in [1.165, 1.54) is 7.11 Å². The standard InChI is InChI=1S/C21H26N2O3/c1-4-13-7-12(2)10-21(20(25)26-3)16-8-15-11-22-6-5-14(15)9-17(24)18(16)23-19(13)21/h5-6,11-13,19,23H,4,7-10H2,1-3H3/t12?,13-,19-,21+/m0/s1. The van der Waals surface area contributed by atoms with E-state index in [-0.39, 0.29) is 17.8 Å². The van der Waals surface area contributed by atoms with E-state index < -0.39 is 5.41 Å². The predicted octanol–water partition coefficient (Wildman–Crippen LogP) is 2.59. The molecule has 0 saturated heterocycles. The van der Waals surface area contributed by atoms with E-state index in [9.17, 15) is 9.59 Å². The number of hydrogen-bond donors (Lipinski definition) is 1. The van der Waals surface area contributed by atoms with Crippen LogP contribution in [0.3, 0.4) is 0 Å². The second-order valence-electron chi connectivity index (χ2n) is 8.07. The van der Waals surface area contributed by atoms with Gasteiger partial charge in [0.2, 0.25) is 0 Å². The Morgan fingerprint density at radius 2 is 2.19 bits per heavy atom. The molecule has 4 rings (SSSR count). The fourth-order valence-corrected chi connectivity index (χ4v) is 5.49. The van der Waals surface area contributed by atoms with Crippen molar-refractivity contribution in [3.05, 3.63) is 40.9 Å². The van der Waals surface area contributed by atoms with Crippen molar-refractivity contribution in [1.29, 1.82) is 0 Å². The summed E-state index contributed by atoms with van der Waals surface area (Å²) in [6.07, 6.45) is 7.29. The number of hydrogen-bond acceptors (Lipinski definition) is 5. The number of carbonyl (C=O) groups is 2. The Morgan fingerprint density at radius 1 is 1.38 bits per heavy atom. The normalized spacial score (nSPS) is 32.9. The van der Waals surface area contributed by atoms with Gasteiger partial charge in [-0.05, 0) is 53.9 Å². The quantitative estimate of drug-likeness (QED) is 0.827. The van der Waals surface area contributed by atoms with Crippen molar-refractivity contribution in [3.8, 4) is 0 Å². The molecule has 5 heteroatoms. The second kappa shape index (κ2) is 6.22. The van der Waals surface area contributed by atoms with Crippen LogP contribution in [-0.2, 0) is 27.2 Å². The third-order valence-electron chi connectivity index (χ3n) is 6.59. The van der Waals surface area contributed by atoms with Gasteiger partial charge in [-0.15, -0.1) is 0 Å². The highest BCUT2D eigenvalue weighted by atomic mass is 16.5. The Kier molecular flexibility index (Phi) is 4.13. The zero-order valence-corrected chi connectivity index (χ0v) is 15.7. The van der Waals surface area contributed by atoms with Crippen molar-refractivity contribution in [2.75, 3.05) is 7.11 Å². The highest BCUT2D eigenvalue weighted by molar-refractivity contribution is 6.01. The number of ketones is 1. The Labute approximate surface area is 154 Å². The monoisotopic (exact) mass is 354 g/mol. The summed E-state index contributed by atoms with van der Waals surface area (Å²) in [4.78, 5) is 30.4. The van der Waals surface area contributed by atoms with Crippen LogP contribution in [-0.4, -0.2) is 29.9 Å². The fraction of sp³-hybridized carbons (Fsp3) is 0.571. The molecule has 0 aromatic carbocycles. The van der Waals surface area contributed by atoms with Crippen LogP contribution in [0.4, 0.5) is 0 Å². The van der Waals surface area contributed by atoms with Crippen LogP contribution < -0.4 is 5.32 Å². The fourth-order valence-electron chi connectivity index (χ4n) is 5.49. The van der Waals surface area contributed by atoms with Crippen LogP contribution in [0.5, 0.6) is 0 Å². The molecule has 1 aromatic heterocycles. The van der Waals surface area contributed by atoms with Gasteiger partial charge in [-0.1, -0.05) is 20.3 Å². The molecule has 2 heterocycles. The van der Waals surface area contributed by atoms with E-state index in [0.29, 0.717) is 30.4 Å². The van der Waals surface area contributed by atoms with E-state index in [1.807, 2.05) is 12.3 Å². The van der Waals surface area contributed by atoms with Gasteiger partial charge in [0.15, 0.2) is 5.78 Å². The molecule has 1 unspecified atom stereocenters. The summed E-state index contributed by atoms with van der Waals surface area (Å²) in [5.41, 5.74) is 2.90. The smallest absolute Gasteiger partial charge is 0.318 e. The first kappa shape index (κ1) is 17.3. The number of methoxy groups -OCH3 is 1. The number of Topliss-reactive ketones (excluding diaryl/α,β-unsaturated/α-hetero) is 1. The molecular weight excluding hydrogens is 328 g/mol. The predicted molar refractivity (Wildman–Crippen MR) is 97.2 cm³/mol. The Morgan fingerprint density at radius 3 is 2.92 bits per heavy atom. The molecule has 1 fully saturated rings. The zero-order chi connectivity index (χ0) is 18.5. The lowest BCUT2D eigenvalue weighted by Crippen LogP contribution is -2.54. The highest BCUT2D eigenvalue weighted by Gasteiger charge is 2.60. The lowest BCUT2D eigenvalue weighted by molar-refractivity contribution is -0.155. The molecule has 0 radical (unpaired) electrons. The highest BCUT2D eigenvalue weighted by Crippen LogP contribution is 2.54. The molecule has 0 spiro atoms. The summed E-state index contributed by atoms with van der Waals surface area (Å²) in [5.74, 6) is 0.636. The summed E-state index contributed by atoms with van der Waals surface area (Å²) in [7, 11) is 1.46. The van der Waals surface area contributed by atoms with Crippen LogP contribution in [0.25, 0.3) is 0 Å². The maximum Gasteiger partial charge on any atom is 0.318 e. The van der Waals surface area contributed by atoms with Gasteiger partial charge < -0.3 is 10.1 Å². The van der Waals surface area contributed by atoms with Gasteiger partial charge in [0.05, 0.1) is 12.8 Å². The zero-order valence-electron chi connectivity index (χ0n) is 15.7. The molecule has 138 valence electrons. The number of allylic oxidation sites excluding steroid dienone is 1. The minimum Gasteiger partial charge on any atom is -0.468 e. The number of pyridine rings is 1. The minimum absolute atomic E-state index is 0.0525. The summed E-state index contributed by atoms with van der Waals surface area (Å²) < 4.78 is 5.31. The average Bonchev–Trinajstić information content (AvgIpc) is 2.89. The molecule has 1 aliphatic heterocycles. The first-order valence-corrected chi connectivity index (χ1v) is 9.54. The van der Waals surface area contributed by atoms with Crippen molar-refractivity contribution in [3.63, 3.8) is 0 Å². The largest absolute Gasteiger partial charge is 0.468 e. The van der Waals surface area contributed by atoms with Gasteiger partial charge in [-0.2, -0.15) is 0 Å². The maximum atomic E-state index is 13.1. The van der Waals surface area contributed by atoms with Crippen LogP contribution >= 0.6 is 0 Å². The third kappa shape index (κ3) is 2.32. The van der Waals surface area contributed by atoms with E-state index in [1.54, 1.807) is 6.20 Å². The molecule has 0 bridgehead atoms. The molecule has 26 heavy (non-hydrogen) atoms. The van der Waals surface area contributed by atoms with Gasteiger partial charge in [0.1, 0.15) is 5.41 Å². The van der Waals surface area contributed by atoms with Crippen LogP contribution in [0, 0.1) is 17.3 Å². The summed E-state index contributed by atoms with van der Waals surface area (Å²) in [6.45, 7) is 4.37. The third-order valence-corrected chi connectivity index (χ3v) is 6.59. The van der Waals surface area contributed by atoms with E-state index >= 15 is 0 Å². The molecule has 1 N–H and O–H groups in total. The van der Waals surface area contributed by atoms with Crippen molar-refractivity contribution >= 4 is 11.8 Å². The molecule has 5 nitrogen and oxygen atoms in total. The van der Waals surface area contributed by atoms with Crippen LogP contribution in [0.1, 0.15) is 44.2 Å². The topological polar surface area (TPSA) is 68.3 Å². The number of ether oxygens (including phenoxy) is 1. The summed E-state index contributed by atoms with van der Waals surface area (Å²) >= 11 is 0. The molecule has 0 amide bonds. The maximum absolute atomic E-state index is 13.1. The summed E-state index contributed by atoms with van der Waals surface area (Å²) in [5, 5.41) is 3.51. The van der Waals surface area contributed by atoms with E-state index in [4.69, 9.17) is 4.74 Å². The molecule has 3 aliphatic rings. The number of rotatable bonds is 2. The number of nitrogens with zero attached hydrogens (tertiary/aromatic N) is 1. The van der Waals surface area contributed by atoms with Crippen LogP contribution in [0.2, 0.25) is 0 Å². The number of nitrogens with one attached hydrogen (secondary N) is 1. The first-order chi connectivity index (χ1) is 12.5. The Balaban J connectivity index is 1.88. The SMILES string of the molecule is CC[C@H]1CC(C)C[C@@]2(C(=O)OC)C3=C(N[C@@H]12)C(=O)Cc1ccncc1C3. The van der Waals surface area contributed by atoms with Gasteiger partial charge in [0.25, 0.3) is 0 Å².